The first-order valence-corrected chi connectivity index (χ1v) is 8.07. The van der Waals surface area contributed by atoms with E-state index in [1.54, 1.807) is 36.4 Å². The summed E-state index contributed by atoms with van der Waals surface area (Å²) in [5.41, 5.74) is 1.42. The van der Waals surface area contributed by atoms with Crippen LogP contribution >= 0.6 is 0 Å². The quantitative estimate of drug-likeness (QED) is 0.614. The lowest BCUT2D eigenvalue weighted by Crippen LogP contribution is -2.10. The number of aromatic nitrogens is 1. The van der Waals surface area contributed by atoms with Crippen LogP contribution in [-0.4, -0.2) is 35.7 Å². The fourth-order valence-electron chi connectivity index (χ4n) is 2.19. The number of benzene rings is 1. The molecule has 1 aromatic carbocycles. The second kappa shape index (κ2) is 8.94. The predicted molar refractivity (Wildman–Crippen MR) is 91.3 cm³/mol. The van der Waals surface area contributed by atoms with Gasteiger partial charge in [0.2, 0.25) is 0 Å². The summed E-state index contributed by atoms with van der Waals surface area (Å²) in [5.74, 6) is -0.959. The molecule has 1 unspecified atom stereocenters. The van der Waals surface area contributed by atoms with Gasteiger partial charge < -0.3 is 14.6 Å². The molecular weight excluding hydrogens is 322 g/mol. The van der Waals surface area contributed by atoms with Crippen LogP contribution in [0.25, 0.3) is 0 Å². The summed E-state index contributed by atoms with van der Waals surface area (Å²) in [6, 6.07) is 11.2. The molecule has 6 nitrogen and oxygen atoms in total. The zero-order valence-corrected chi connectivity index (χ0v) is 14.3. The maximum Gasteiger partial charge on any atom is 0.356 e. The Morgan fingerprint density at radius 2 is 1.84 bits per heavy atom. The Bertz CT molecular complexity index is 727. The zero-order valence-electron chi connectivity index (χ0n) is 14.3. The second-order valence-electron chi connectivity index (χ2n) is 5.45. The van der Waals surface area contributed by atoms with E-state index in [-0.39, 0.29) is 11.7 Å². The predicted octanol–water partition coefficient (Wildman–Crippen LogP) is 2.91. The molecule has 1 aromatic heterocycles. The van der Waals surface area contributed by atoms with Crippen molar-refractivity contribution >= 4 is 11.9 Å². The SMILES string of the molecule is CCCCOC(=O)c1ccc(C(O)c2cccc(C(=O)OC)n2)cc1. The van der Waals surface area contributed by atoms with Crippen LogP contribution in [-0.2, 0) is 9.47 Å². The Balaban J connectivity index is 2.11. The number of carbonyl (C=O) groups excluding carboxylic acids is 2. The molecule has 0 radical (unpaired) electrons. The van der Waals surface area contributed by atoms with Gasteiger partial charge in [0.15, 0.2) is 0 Å². The van der Waals surface area contributed by atoms with Crippen LogP contribution < -0.4 is 0 Å². The first-order chi connectivity index (χ1) is 12.1. The molecule has 1 heterocycles. The number of hydrogen-bond acceptors (Lipinski definition) is 6. The zero-order chi connectivity index (χ0) is 18.2. The highest BCUT2D eigenvalue weighted by Crippen LogP contribution is 2.21. The van der Waals surface area contributed by atoms with Crippen molar-refractivity contribution in [2.75, 3.05) is 13.7 Å². The lowest BCUT2D eigenvalue weighted by Gasteiger charge is -2.12. The summed E-state index contributed by atoms with van der Waals surface area (Å²) < 4.78 is 9.77. The van der Waals surface area contributed by atoms with Crippen molar-refractivity contribution in [3.63, 3.8) is 0 Å². The Kier molecular flexibility index (Phi) is 6.65. The maximum absolute atomic E-state index is 11.9. The van der Waals surface area contributed by atoms with Crippen LogP contribution in [0.1, 0.15) is 58.0 Å². The molecule has 0 bridgehead atoms. The van der Waals surface area contributed by atoms with Gasteiger partial charge in [-0.05, 0) is 36.2 Å². The molecule has 2 rings (SSSR count). The van der Waals surface area contributed by atoms with Crippen molar-refractivity contribution < 1.29 is 24.2 Å². The van der Waals surface area contributed by atoms with Gasteiger partial charge in [-0.2, -0.15) is 0 Å². The van der Waals surface area contributed by atoms with Crippen LogP contribution in [0.3, 0.4) is 0 Å². The minimum atomic E-state index is -1.02. The molecule has 1 atom stereocenters. The van der Waals surface area contributed by atoms with Crippen LogP contribution in [0.2, 0.25) is 0 Å². The molecule has 0 amide bonds. The topological polar surface area (TPSA) is 85.7 Å². The number of hydrogen-bond donors (Lipinski definition) is 1. The fourth-order valence-corrected chi connectivity index (χ4v) is 2.19. The fraction of sp³-hybridized carbons (Fsp3) is 0.316. The molecular formula is C19H21NO5. The minimum absolute atomic E-state index is 0.121. The highest BCUT2D eigenvalue weighted by molar-refractivity contribution is 5.89. The monoisotopic (exact) mass is 343 g/mol. The van der Waals surface area contributed by atoms with Gasteiger partial charge in [0.05, 0.1) is 25.0 Å². The third-order valence-electron chi connectivity index (χ3n) is 3.64. The van der Waals surface area contributed by atoms with E-state index < -0.39 is 12.1 Å². The van der Waals surface area contributed by atoms with E-state index >= 15 is 0 Å². The molecule has 0 fully saturated rings. The lowest BCUT2D eigenvalue weighted by molar-refractivity contribution is 0.0498. The van der Waals surface area contributed by atoms with E-state index in [4.69, 9.17) is 4.74 Å². The van der Waals surface area contributed by atoms with E-state index in [9.17, 15) is 14.7 Å². The van der Waals surface area contributed by atoms with E-state index in [0.29, 0.717) is 23.4 Å². The Morgan fingerprint density at radius 1 is 1.12 bits per heavy atom. The Morgan fingerprint density at radius 3 is 2.48 bits per heavy atom. The smallest absolute Gasteiger partial charge is 0.356 e. The average molecular weight is 343 g/mol. The molecule has 1 N–H and O–H groups in total. The standard InChI is InChI=1S/C19H21NO5/c1-3-4-12-25-18(22)14-10-8-13(9-11-14)17(21)15-6-5-7-16(20-15)19(23)24-2/h5-11,17,21H,3-4,12H2,1-2H3. The summed E-state index contributed by atoms with van der Waals surface area (Å²) >= 11 is 0. The van der Waals surface area contributed by atoms with Crippen molar-refractivity contribution in [1.29, 1.82) is 0 Å². The minimum Gasteiger partial charge on any atom is -0.464 e. The molecule has 0 saturated carbocycles. The van der Waals surface area contributed by atoms with E-state index in [1.165, 1.54) is 13.2 Å². The summed E-state index contributed by atoms with van der Waals surface area (Å²) in [6.07, 6.45) is 0.760. The van der Waals surface area contributed by atoms with E-state index in [2.05, 4.69) is 9.72 Å². The Labute approximate surface area is 146 Å². The van der Waals surface area contributed by atoms with Gasteiger partial charge >= 0.3 is 11.9 Å². The highest BCUT2D eigenvalue weighted by Gasteiger charge is 2.16. The molecule has 0 aliphatic carbocycles. The summed E-state index contributed by atoms with van der Waals surface area (Å²) in [6.45, 7) is 2.41. The molecule has 0 aliphatic rings. The average Bonchev–Trinajstić information content (AvgIpc) is 2.67. The molecule has 0 spiro atoms. The highest BCUT2D eigenvalue weighted by atomic mass is 16.5. The van der Waals surface area contributed by atoms with E-state index in [0.717, 1.165) is 12.8 Å². The molecule has 0 saturated heterocycles. The first kappa shape index (κ1) is 18.6. The van der Waals surface area contributed by atoms with Crippen molar-refractivity contribution in [3.05, 3.63) is 65.0 Å². The van der Waals surface area contributed by atoms with E-state index in [1.807, 2.05) is 6.92 Å². The summed E-state index contributed by atoms with van der Waals surface area (Å²) in [7, 11) is 1.27. The number of unbranched alkanes of at least 4 members (excludes halogenated alkanes) is 1. The van der Waals surface area contributed by atoms with Gasteiger partial charge in [-0.25, -0.2) is 14.6 Å². The molecule has 6 heteroatoms. The summed E-state index contributed by atoms with van der Waals surface area (Å²) in [5, 5.41) is 10.4. The van der Waals surface area contributed by atoms with Crippen LogP contribution in [0, 0.1) is 0 Å². The van der Waals surface area contributed by atoms with Gasteiger partial charge in [0, 0.05) is 0 Å². The van der Waals surface area contributed by atoms with Crippen LogP contribution in [0.4, 0.5) is 0 Å². The maximum atomic E-state index is 11.9. The number of esters is 2. The first-order valence-electron chi connectivity index (χ1n) is 8.07. The number of pyridine rings is 1. The third kappa shape index (κ3) is 4.87. The van der Waals surface area contributed by atoms with Crippen molar-refractivity contribution in [3.8, 4) is 0 Å². The van der Waals surface area contributed by atoms with Gasteiger partial charge in [-0.15, -0.1) is 0 Å². The van der Waals surface area contributed by atoms with Gasteiger partial charge in [0.1, 0.15) is 11.8 Å². The van der Waals surface area contributed by atoms with Crippen LogP contribution in [0.5, 0.6) is 0 Å². The molecule has 2 aromatic rings. The van der Waals surface area contributed by atoms with Crippen molar-refractivity contribution in [2.45, 2.75) is 25.9 Å². The van der Waals surface area contributed by atoms with Crippen molar-refractivity contribution in [2.24, 2.45) is 0 Å². The van der Waals surface area contributed by atoms with Gasteiger partial charge in [-0.3, -0.25) is 0 Å². The molecule has 132 valence electrons. The number of rotatable bonds is 7. The number of aliphatic hydroxyl groups excluding tert-OH is 1. The Hall–Kier alpha value is -2.73. The number of ether oxygens (including phenoxy) is 2. The number of methoxy groups -OCH3 is 1. The number of nitrogens with zero attached hydrogens (tertiary/aromatic N) is 1. The largest absolute Gasteiger partial charge is 0.464 e. The van der Waals surface area contributed by atoms with Crippen LogP contribution in [0.15, 0.2) is 42.5 Å². The summed E-state index contributed by atoms with van der Waals surface area (Å²) in [4.78, 5) is 27.5. The van der Waals surface area contributed by atoms with Gasteiger partial charge in [-0.1, -0.05) is 31.5 Å². The second-order valence-corrected chi connectivity index (χ2v) is 5.45. The third-order valence-corrected chi connectivity index (χ3v) is 3.64. The normalized spacial score (nSPS) is 11.6. The van der Waals surface area contributed by atoms with Crippen molar-refractivity contribution in [1.82, 2.24) is 4.98 Å². The number of aliphatic hydroxyl groups is 1. The molecule has 0 aliphatic heterocycles. The number of carbonyl (C=O) groups is 2. The lowest BCUT2D eigenvalue weighted by atomic mass is 10.0. The molecule has 25 heavy (non-hydrogen) atoms. The van der Waals surface area contributed by atoms with Gasteiger partial charge in [0.25, 0.3) is 0 Å².